The molecule has 1 aromatic rings. The number of hydrogen-bond donors (Lipinski definition) is 2. The summed E-state index contributed by atoms with van der Waals surface area (Å²) in [5.74, 6) is 0. The molecule has 2 unspecified atom stereocenters. The minimum Gasteiger partial charge on any atom is -0.389 e. The van der Waals surface area contributed by atoms with Crippen molar-refractivity contribution in [2.24, 2.45) is 0 Å². The molecule has 1 heterocycles. The third-order valence-corrected chi connectivity index (χ3v) is 4.84. The number of halogens is 1. The van der Waals surface area contributed by atoms with Crippen LogP contribution in [-0.2, 0) is 0 Å². The molecule has 0 aliphatic carbocycles. The van der Waals surface area contributed by atoms with E-state index in [1.165, 1.54) is 5.56 Å². The van der Waals surface area contributed by atoms with Gasteiger partial charge >= 0.3 is 0 Å². The number of piperidine rings is 1. The Labute approximate surface area is 130 Å². The topological polar surface area (TPSA) is 35.5 Å². The number of nitrogens with one attached hydrogen (secondary N) is 1. The van der Waals surface area contributed by atoms with Crippen molar-refractivity contribution in [3.8, 4) is 0 Å². The Bertz CT molecular complexity index is 436. The molecule has 0 saturated carbocycles. The number of β-amino-alcohol motifs (C(OH)–C–C–N with tert-alkyl or cyclic N) is 1. The largest absolute Gasteiger partial charge is 0.389 e. The van der Waals surface area contributed by atoms with Crippen molar-refractivity contribution in [1.82, 2.24) is 10.2 Å². The second-order valence-electron chi connectivity index (χ2n) is 6.03. The Hall–Kier alpha value is -0.420. The second-order valence-corrected chi connectivity index (χ2v) is 6.88. The SMILES string of the molecule is CNC(CCN1CCCC(C)(O)C1)c1ccccc1Br. The summed E-state index contributed by atoms with van der Waals surface area (Å²) in [6.07, 6.45) is 3.06. The minimum atomic E-state index is -0.513. The average Bonchev–Trinajstić information content (AvgIpc) is 2.40. The molecule has 1 fully saturated rings. The Morgan fingerprint density at radius 1 is 1.45 bits per heavy atom. The molecule has 3 nitrogen and oxygen atoms in total. The number of rotatable bonds is 5. The van der Waals surface area contributed by atoms with Crippen molar-refractivity contribution in [2.45, 2.75) is 37.8 Å². The van der Waals surface area contributed by atoms with Gasteiger partial charge in [0.2, 0.25) is 0 Å². The van der Waals surface area contributed by atoms with Crippen LogP contribution in [0.4, 0.5) is 0 Å². The molecule has 1 aliphatic rings. The van der Waals surface area contributed by atoms with E-state index in [-0.39, 0.29) is 0 Å². The second kappa shape index (κ2) is 7.03. The van der Waals surface area contributed by atoms with Crippen LogP contribution < -0.4 is 5.32 Å². The molecule has 0 spiro atoms. The van der Waals surface area contributed by atoms with Gasteiger partial charge in [-0.2, -0.15) is 0 Å². The van der Waals surface area contributed by atoms with E-state index in [1.807, 2.05) is 20.0 Å². The summed E-state index contributed by atoms with van der Waals surface area (Å²) in [6.45, 7) is 4.85. The van der Waals surface area contributed by atoms with Gasteiger partial charge in [-0.1, -0.05) is 34.1 Å². The van der Waals surface area contributed by atoms with Crippen LogP contribution in [0.5, 0.6) is 0 Å². The van der Waals surface area contributed by atoms with Gasteiger partial charge in [-0.25, -0.2) is 0 Å². The van der Waals surface area contributed by atoms with Crippen molar-refractivity contribution in [2.75, 3.05) is 26.7 Å². The minimum absolute atomic E-state index is 0.345. The molecule has 1 aromatic carbocycles. The third-order valence-electron chi connectivity index (χ3n) is 4.12. The number of hydrogen-bond acceptors (Lipinski definition) is 3. The van der Waals surface area contributed by atoms with E-state index >= 15 is 0 Å². The summed E-state index contributed by atoms with van der Waals surface area (Å²) in [4.78, 5) is 2.38. The predicted octanol–water partition coefficient (Wildman–Crippen LogP) is 2.95. The Morgan fingerprint density at radius 2 is 2.20 bits per heavy atom. The molecule has 1 saturated heterocycles. The fourth-order valence-corrected chi connectivity index (χ4v) is 3.60. The number of likely N-dealkylation sites (tertiary alicyclic amines) is 1. The molecule has 2 rings (SSSR count). The van der Waals surface area contributed by atoms with Crippen LogP contribution in [-0.4, -0.2) is 42.3 Å². The Balaban J connectivity index is 1.93. The van der Waals surface area contributed by atoms with E-state index in [0.29, 0.717) is 6.04 Å². The first kappa shape index (κ1) is 16.0. The Morgan fingerprint density at radius 3 is 2.85 bits per heavy atom. The summed E-state index contributed by atoms with van der Waals surface area (Å²) in [6, 6.07) is 8.72. The molecule has 1 aliphatic heterocycles. The number of nitrogens with zero attached hydrogens (tertiary/aromatic N) is 1. The van der Waals surface area contributed by atoms with Crippen molar-refractivity contribution < 1.29 is 5.11 Å². The smallest absolute Gasteiger partial charge is 0.0746 e. The first-order valence-corrected chi connectivity index (χ1v) is 8.17. The quantitative estimate of drug-likeness (QED) is 0.864. The summed E-state index contributed by atoms with van der Waals surface area (Å²) < 4.78 is 1.16. The van der Waals surface area contributed by atoms with Crippen molar-refractivity contribution in [3.63, 3.8) is 0 Å². The fraction of sp³-hybridized carbons (Fsp3) is 0.625. The van der Waals surface area contributed by atoms with Gasteiger partial charge in [0.25, 0.3) is 0 Å². The summed E-state index contributed by atoms with van der Waals surface area (Å²) in [5.41, 5.74) is 0.791. The zero-order valence-corrected chi connectivity index (χ0v) is 14.0. The van der Waals surface area contributed by atoms with Crippen LogP contribution in [0.3, 0.4) is 0 Å². The van der Waals surface area contributed by atoms with Gasteiger partial charge < -0.3 is 15.3 Å². The molecule has 2 N–H and O–H groups in total. The zero-order valence-electron chi connectivity index (χ0n) is 12.4. The molecule has 0 bridgehead atoms. The first-order chi connectivity index (χ1) is 9.52. The van der Waals surface area contributed by atoms with Crippen molar-refractivity contribution in [3.05, 3.63) is 34.3 Å². The monoisotopic (exact) mass is 340 g/mol. The predicted molar refractivity (Wildman–Crippen MR) is 86.9 cm³/mol. The van der Waals surface area contributed by atoms with E-state index in [1.54, 1.807) is 0 Å². The lowest BCUT2D eigenvalue weighted by Gasteiger charge is -2.37. The summed E-state index contributed by atoms with van der Waals surface area (Å²) in [7, 11) is 2.01. The van der Waals surface area contributed by atoms with Crippen LogP contribution in [0, 0.1) is 0 Å². The van der Waals surface area contributed by atoms with Gasteiger partial charge in [0.05, 0.1) is 5.60 Å². The van der Waals surface area contributed by atoms with Gasteiger partial charge in [-0.05, 0) is 51.4 Å². The maximum Gasteiger partial charge on any atom is 0.0746 e. The number of aliphatic hydroxyl groups is 1. The highest BCUT2D eigenvalue weighted by Gasteiger charge is 2.28. The third kappa shape index (κ3) is 4.29. The average molecular weight is 341 g/mol. The van der Waals surface area contributed by atoms with Crippen molar-refractivity contribution >= 4 is 15.9 Å². The molecule has 20 heavy (non-hydrogen) atoms. The van der Waals surface area contributed by atoms with Crippen LogP contribution in [0.15, 0.2) is 28.7 Å². The highest BCUT2D eigenvalue weighted by molar-refractivity contribution is 9.10. The maximum atomic E-state index is 10.2. The molecule has 0 amide bonds. The van der Waals surface area contributed by atoms with Gasteiger partial charge in [0.1, 0.15) is 0 Å². The molecule has 0 radical (unpaired) electrons. The number of benzene rings is 1. The van der Waals surface area contributed by atoms with Gasteiger partial charge in [-0.3, -0.25) is 0 Å². The normalized spacial score (nSPS) is 25.6. The van der Waals surface area contributed by atoms with Crippen LogP contribution in [0.25, 0.3) is 0 Å². The van der Waals surface area contributed by atoms with Gasteiger partial charge in [0, 0.05) is 23.6 Å². The lowest BCUT2D eigenvalue weighted by molar-refractivity contribution is -0.0163. The lowest BCUT2D eigenvalue weighted by atomic mass is 9.94. The lowest BCUT2D eigenvalue weighted by Crippen LogP contribution is -2.46. The van der Waals surface area contributed by atoms with Crippen LogP contribution in [0.1, 0.15) is 37.8 Å². The van der Waals surface area contributed by atoms with E-state index < -0.39 is 5.60 Å². The zero-order chi connectivity index (χ0) is 14.6. The fourth-order valence-electron chi connectivity index (χ4n) is 3.04. The maximum absolute atomic E-state index is 10.2. The van der Waals surface area contributed by atoms with E-state index in [4.69, 9.17) is 0 Å². The molecular formula is C16H25BrN2O. The first-order valence-electron chi connectivity index (χ1n) is 7.38. The summed E-state index contributed by atoms with van der Waals surface area (Å²) in [5, 5.41) is 13.6. The van der Waals surface area contributed by atoms with Gasteiger partial charge in [-0.15, -0.1) is 0 Å². The van der Waals surface area contributed by atoms with Crippen molar-refractivity contribution in [1.29, 1.82) is 0 Å². The molecule has 4 heteroatoms. The molecule has 2 atom stereocenters. The summed E-state index contributed by atoms with van der Waals surface area (Å²) >= 11 is 3.63. The standard InChI is InChI=1S/C16H25BrN2O/c1-16(20)9-5-10-19(12-16)11-8-15(18-2)13-6-3-4-7-14(13)17/h3-4,6-7,15,18,20H,5,8-12H2,1-2H3. The van der Waals surface area contributed by atoms with Crippen LogP contribution in [0.2, 0.25) is 0 Å². The highest BCUT2D eigenvalue weighted by atomic mass is 79.9. The molecular weight excluding hydrogens is 316 g/mol. The molecule has 112 valence electrons. The Kier molecular flexibility index (Phi) is 5.61. The van der Waals surface area contributed by atoms with E-state index in [2.05, 4.69) is 44.3 Å². The van der Waals surface area contributed by atoms with E-state index in [0.717, 1.165) is 43.4 Å². The molecule has 0 aromatic heterocycles. The highest BCUT2D eigenvalue weighted by Crippen LogP contribution is 2.26. The van der Waals surface area contributed by atoms with E-state index in [9.17, 15) is 5.11 Å². The van der Waals surface area contributed by atoms with Gasteiger partial charge in [0.15, 0.2) is 0 Å². The van der Waals surface area contributed by atoms with Crippen LogP contribution >= 0.6 is 15.9 Å².